The van der Waals surface area contributed by atoms with E-state index < -0.39 is 0 Å². The van der Waals surface area contributed by atoms with Gasteiger partial charge in [-0.3, -0.25) is 0 Å². The van der Waals surface area contributed by atoms with Gasteiger partial charge in [0.25, 0.3) is 0 Å². The number of aromatic nitrogens is 2. The number of nitrogens with zero attached hydrogens (tertiary/aromatic N) is 1. The fourth-order valence-corrected chi connectivity index (χ4v) is 2.86. The van der Waals surface area contributed by atoms with E-state index in [-0.39, 0.29) is 0 Å². The summed E-state index contributed by atoms with van der Waals surface area (Å²) in [6.45, 7) is 0.617. The largest absolute Gasteiger partial charge is 0.344 e. The molecule has 2 saturated carbocycles. The molecule has 0 aliphatic heterocycles. The van der Waals surface area contributed by atoms with Crippen LogP contribution in [0.4, 0.5) is 0 Å². The molecule has 0 atom stereocenters. The van der Waals surface area contributed by atoms with E-state index in [2.05, 4.69) is 4.98 Å². The molecule has 3 heteroatoms. The van der Waals surface area contributed by atoms with Crippen LogP contribution in [-0.4, -0.2) is 9.97 Å². The van der Waals surface area contributed by atoms with Crippen LogP contribution in [0.15, 0.2) is 0 Å². The first-order valence-corrected chi connectivity index (χ1v) is 6.67. The first-order chi connectivity index (χ1) is 7.88. The lowest BCUT2D eigenvalue weighted by Crippen LogP contribution is -2.06. The maximum absolute atomic E-state index is 5.79. The summed E-state index contributed by atoms with van der Waals surface area (Å²) in [5.74, 6) is 2.61. The Hall–Kier alpha value is -0.830. The number of hydrogen-bond donors (Lipinski definition) is 2. The maximum Gasteiger partial charge on any atom is 0.109 e. The summed E-state index contributed by atoms with van der Waals surface area (Å²) in [6, 6.07) is 0. The van der Waals surface area contributed by atoms with Gasteiger partial charge in [0.1, 0.15) is 5.82 Å². The van der Waals surface area contributed by atoms with Crippen LogP contribution in [0.3, 0.4) is 0 Å². The van der Waals surface area contributed by atoms with Gasteiger partial charge in [0, 0.05) is 18.4 Å². The molecule has 3 rings (SSSR count). The molecule has 2 aliphatic carbocycles. The molecule has 0 spiro atoms. The Morgan fingerprint density at radius 3 is 2.44 bits per heavy atom. The van der Waals surface area contributed by atoms with Crippen LogP contribution in [0.25, 0.3) is 0 Å². The van der Waals surface area contributed by atoms with Gasteiger partial charge in [0.2, 0.25) is 0 Å². The van der Waals surface area contributed by atoms with Gasteiger partial charge >= 0.3 is 0 Å². The predicted octanol–water partition coefficient (Wildman–Crippen LogP) is 2.79. The number of rotatable bonds is 3. The van der Waals surface area contributed by atoms with Crippen molar-refractivity contribution in [2.75, 3.05) is 0 Å². The van der Waals surface area contributed by atoms with Gasteiger partial charge < -0.3 is 10.7 Å². The number of H-pyrrole nitrogens is 1. The number of hydrogen-bond acceptors (Lipinski definition) is 2. The number of nitrogens with two attached hydrogens (primary N) is 1. The summed E-state index contributed by atoms with van der Waals surface area (Å²) in [7, 11) is 0. The Balaban J connectivity index is 1.83. The smallest absolute Gasteiger partial charge is 0.109 e. The zero-order valence-electron chi connectivity index (χ0n) is 9.84. The summed E-state index contributed by atoms with van der Waals surface area (Å²) in [6.07, 6.45) is 9.35. The van der Waals surface area contributed by atoms with Crippen LogP contribution in [0.5, 0.6) is 0 Å². The standard InChI is InChI=1S/C13H21N3/c14-8-11-12(9-6-7-9)16-13(15-11)10-4-2-1-3-5-10/h9-10H,1-8,14H2,(H,15,16). The van der Waals surface area contributed by atoms with Crippen molar-refractivity contribution in [2.24, 2.45) is 5.73 Å². The van der Waals surface area contributed by atoms with Crippen molar-refractivity contribution in [3.05, 3.63) is 17.2 Å². The Morgan fingerprint density at radius 2 is 1.81 bits per heavy atom. The van der Waals surface area contributed by atoms with Crippen LogP contribution in [0, 0.1) is 0 Å². The van der Waals surface area contributed by atoms with Crippen molar-refractivity contribution in [1.82, 2.24) is 9.97 Å². The molecule has 16 heavy (non-hydrogen) atoms. The summed E-state index contributed by atoms with van der Waals surface area (Å²) in [4.78, 5) is 8.32. The molecule has 88 valence electrons. The molecular formula is C13H21N3. The minimum atomic E-state index is 0.617. The van der Waals surface area contributed by atoms with Crippen LogP contribution < -0.4 is 5.73 Å². The second-order valence-electron chi connectivity index (χ2n) is 5.30. The van der Waals surface area contributed by atoms with Crippen molar-refractivity contribution in [3.8, 4) is 0 Å². The highest BCUT2D eigenvalue weighted by Crippen LogP contribution is 2.42. The number of nitrogens with one attached hydrogen (secondary N) is 1. The van der Waals surface area contributed by atoms with Gasteiger partial charge in [-0.25, -0.2) is 4.98 Å². The Labute approximate surface area is 96.8 Å². The summed E-state index contributed by atoms with van der Waals surface area (Å²) in [5.41, 5.74) is 8.27. The second-order valence-corrected chi connectivity index (χ2v) is 5.30. The zero-order chi connectivity index (χ0) is 11.0. The van der Waals surface area contributed by atoms with Gasteiger partial charge in [-0.2, -0.15) is 0 Å². The van der Waals surface area contributed by atoms with Crippen molar-refractivity contribution in [3.63, 3.8) is 0 Å². The molecule has 0 amide bonds. The van der Waals surface area contributed by atoms with E-state index in [4.69, 9.17) is 10.7 Å². The van der Waals surface area contributed by atoms with Crippen molar-refractivity contribution < 1.29 is 0 Å². The van der Waals surface area contributed by atoms with Crippen LogP contribution in [0.2, 0.25) is 0 Å². The lowest BCUT2D eigenvalue weighted by molar-refractivity contribution is 0.430. The molecule has 1 heterocycles. The minimum Gasteiger partial charge on any atom is -0.344 e. The molecule has 0 unspecified atom stereocenters. The third-order valence-corrected chi connectivity index (χ3v) is 3.99. The van der Waals surface area contributed by atoms with Gasteiger partial charge in [-0.05, 0) is 25.7 Å². The lowest BCUT2D eigenvalue weighted by Gasteiger charge is -2.19. The zero-order valence-corrected chi connectivity index (χ0v) is 9.84. The van der Waals surface area contributed by atoms with Crippen LogP contribution >= 0.6 is 0 Å². The van der Waals surface area contributed by atoms with Gasteiger partial charge in [0.15, 0.2) is 0 Å². The fourth-order valence-electron chi connectivity index (χ4n) is 2.86. The monoisotopic (exact) mass is 219 g/mol. The van der Waals surface area contributed by atoms with E-state index in [9.17, 15) is 0 Å². The quantitative estimate of drug-likeness (QED) is 0.821. The molecule has 3 nitrogen and oxygen atoms in total. The fraction of sp³-hybridized carbons (Fsp3) is 0.769. The molecule has 0 bridgehead atoms. The molecular weight excluding hydrogens is 198 g/mol. The van der Waals surface area contributed by atoms with E-state index >= 15 is 0 Å². The van der Waals surface area contributed by atoms with E-state index in [0.29, 0.717) is 18.4 Å². The van der Waals surface area contributed by atoms with E-state index in [1.165, 1.54) is 62.2 Å². The molecule has 0 radical (unpaired) electrons. The van der Waals surface area contributed by atoms with Crippen LogP contribution in [-0.2, 0) is 6.54 Å². The highest BCUT2D eigenvalue weighted by Gasteiger charge is 2.30. The average Bonchev–Trinajstić information content (AvgIpc) is 3.10. The molecule has 2 aliphatic rings. The molecule has 0 aromatic carbocycles. The van der Waals surface area contributed by atoms with E-state index in [0.717, 1.165) is 0 Å². The molecule has 2 fully saturated rings. The summed E-state index contributed by atoms with van der Waals surface area (Å²) in [5, 5.41) is 0. The van der Waals surface area contributed by atoms with Gasteiger partial charge in [-0.15, -0.1) is 0 Å². The predicted molar refractivity (Wildman–Crippen MR) is 64.3 cm³/mol. The Bertz CT molecular complexity index is 359. The third-order valence-electron chi connectivity index (χ3n) is 3.99. The first kappa shape index (κ1) is 10.3. The lowest BCUT2D eigenvalue weighted by atomic mass is 9.89. The van der Waals surface area contributed by atoms with Crippen molar-refractivity contribution >= 4 is 0 Å². The number of aromatic amines is 1. The van der Waals surface area contributed by atoms with Crippen LogP contribution in [0.1, 0.15) is 74.0 Å². The van der Waals surface area contributed by atoms with Gasteiger partial charge in [0.05, 0.1) is 11.4 Å². The van der Waals surface area contributed by atoms with E-state index in [1.807, 2.05) is 0 Å². The van der Waals surface area contributed by atoms with Gasteiger partial charge in [-0.1, -0.05) is 19.3 Å². The maximum atomic E-state index is 5.79. The average molecular weight is 219 g/mol. The topological polar surface area (TPSA) is 54.7 Å². The normalized spacial score (nSPS) is 22.6. The molecule has 3 N–H and O–H groups in total. The third kappa shape index (κ3) is 1.88. The molecule has 1 aromatic rings. The Kier molecular flexibility index (Phi) is 2.72. The minimum absolute atomic E-state index is 0.617. The highest BCUT2D eigenvalue weighted by molar-refractivity contribution is 5.24. The molecule has 0 saturated heterocycles. The summed E-state index contributed by atoms with van der Waals surface area (Å²) < 4.78 is 0. The number of imidazole rings is 1. The summed E-state index contributed by atoms with van der Waals surface area (Å²) >= 11 is 0. The Morgan fingerprint density at radius 1 is 1.06 bits per heavy atom. The van der Waals surface area contributed by atoms with Crippen molar-refractivity contribution in [2.45, 2.75) is 63.3 Å². The highest BCUT2D eigenvalue weighted by atomic mass is 15.0. The first-order valence-electron chi connectivity index (χ1n) is 6.67. The second kappa shape index (κ2) is 4.21. The van der Waals surface area contributed by atoms with Crippen molar-refractivity contribution in [1.29, 1.82) is 0 Å². The van der Waals surface area contributed by atoms with E-state index in [1.54, 1.807) is 0 Å². The molecule has 1 aromatic heterocycles. The SMILES string of the molecule is NCc1[nH]c(C2CCCCC2)nc1C1CC1.